The average Bonchev–Trinajstić information content (AvgIpc) is 2.78. The third-order valence-electron chi connectivity index (χ3n) is 5.54. The molecule has 2 heterocycles. The standard InChI is InChI=1S/C23H24FN3O3S/c1-15-9-10-16(13-17(15)24)25-20(28)14-27-18-7-3-4-8-19(18)31-21(23(27)30)22(29)26-11-5-2-6-12-26/h3-4,7-10,13,21H,2,5-6,11-12,14H2,1H3,(H,25,28). The second-order valence-electron chi connectivity index (χ2n) is 7.79. The fraction of sp³-hybridized carbons (Fsp3) is 0.348. The van der Waals surface area contributed by atoms with Gasteiger partial charge in [-0.2, -0.15) is 0 Å². The predicted octanol–water partition coefficient (Wildman–Crippen LogP) is 3.59. The van der Waals surface area contributed by atoms with E-state index >= 15 is 0 Å². The minimum Gasteiger partial charge on any atom is -0.341 e. The van der Waals surface area contributed by atoms with Crippen LogP contribution >= 0.6 is 11.8 Å². The minimum atomic E-state index is -0.905. The van der Waals surface area contributed by atoms with Crippen molar-refractivity contribution in [2.75, 3.05) is 29.9 Å². The Balaban J connectivity index is 1.54. The summed E-state index contributed by atoms with van der Waals surface area (Å²) < 4.78 is 13.8. The van der Waals surface area contributed by atoms with E-state index in [1.54, 1.807) is 36.1 Å². The van der Waals surface area contributed by atoms with Gasteiger partial charge in [-0.05, 0) is 56.0 Å². The van der Waals surface area contributed by atoms with Crippen LogP contribution in [0.5, 0.6) is 0 Å². The number of nitrogens with zero attached hydrogens (tertiary/aromatic N) is 2. The third kappa shape index (κ3) is 4.58. The van der Waals surface area contributed by atoms with Crippen molar-refractivity contribution < 1.29 is 18.8 Å². The highest BCUT2D eigenvalue weighted by Gasteiger charge is 2.40. The van der Waals surface area contributed by atoms with Crippen LogP contribution in [0, 0.1) is 12.7 Å². The fourth-order valence-corrected chi connectivity index (χ4v) is 5.02. The summed E-state index contributed by atoms with van der Waals surface area (Å²) in [6.07, 6.45) is 2.96. The van der Waals surface area contributed by atoms with Gasteiger partial charge in [-0.3, -0.25) is 14.4 Å². The number of aryl methyl sites for hydroxylation is 1. The number of halogens is 1. The molecule has 1 fully saturated rings. The maximum Gasteiger partial charge on any atom is 0.250 e. The summed E-state index contributed by atoms with van der Waals surface area (Å²) in [5, 5.41) is 1.74. The number of rotatable bonds is 4. The van der Waals surface area contributed by atoms with Crippen molar-refractivity contribution >= 4 is 40.9 Å². The minimum absolute atomic E-state index is 0.199. The Labute approximate surface area is 184 Å². The summed E-state index contributed by atoms with van der Waals surface area (Å²) in [6.45, 7) is 2.70. The molecular weight excluding hydrogens is 417 g/mol. The van der Waals surface area contributed by atoms with E-state index in [1.807, 2.05) is 12.1 Å². The lowest BCUT2D eigenvalue weighted by Gasteiger charge is -2.36. The number of para-hydroxylation sites is 1. The van der Waals surface area contributed by atoms with Gasteiger partial charge in [0.25, 0.3) is 5.91 Å². The SMILES string of the molecule is Cc1ccc(NC(=O)CN2C(=O)C(C(=O)N3CCCCC3)Sc3ccccc32)cc1F. The Morgan fingerprint density at radius 2 is 1.87 bits per heavy atom. The Hall–Kier alpha value is -2.87. The third-order valence-corrected chi connectivity index (χ3v) is 6.78. The van der Waals surface area contributed by atoms with E-state index in [0.717, 1.165) is 24.2 Å². The number of hydrogen-bond donors (Lipinski definition) is 1. The van der Waals surface area contributed by atoms with Gasteiger partial charge in [-0.15, -0.1) is 11.8 Å². The molecule has 1 saturated heterocycles. The maximum absolute atomic E-state index is 13.8. The van der Waals surface area contributed by atoms with Crippen LogP contribution in [-0.4, -0.2) is 47.5 Å². The van der Waals surface area contributed by atoms with E-state index < -0.39 is 22.9 Å². The fourth-order valence-electron chi connectivity index (χ4n) is 3.83. The molecule has 2 aliphatic rings. The van der Waals surface area contributed by atoms with E-state index in [9.17, 15) is 18.8 Å². The summed E-state index contributed by atoms with van der Waals surface area (Å²) in [4.78, 5) is 42.9. The number of benzene rings is 2. The summed E-state index contributed by atoms with van der Waals surface area (Å²) >= 11 is 1.24. The normalized spacial score (nSPS) is 18.5. The average molecular weight is 442 g/mol. The monoisotopic (exact) mass is 441 g/mol. The zero-order valence-corrected chi connectivity index (χ0v) is 18.1. The van der Waals surface area contributed by atoms with Crippen LogP contribution in [0.2, 0.25) is 0 Å². The van der Waals surface area contributed by atoms with Crippen LogP contribution in [0.15, 0.2) is 47.4 Å². The molecule has 2 aromatic carbocycles. The van der Waals surface area contributed by atoms with Crippen LogP contribution < -0.4 is 10.2 Å². The Morgan fingerprint density at radius 1 is 1.13 bits per heavy atom. The quantitative estimate of drug-likeness (QED) is 0.737. The van der Waals surface area contributed by atoms with Crippen molar-refractivity contribution in [2.24, 2.45) is 0 Å². The first-order valence-electron chi connectivity index (χ1n) is 10.4. The van der Waals surface area contributed by atoms with Gasteiger partial charge in [-0.25, -0.2) is 4.39 Å². The molecule has 0 spiro atoms. The number of piperidine rings is 1. The second-order valence-corrected chi connectivity index (χ2v) is 8.94. The molecule has 2 aromatic rings. The molecule has 0 saturated carbocycles. The molecule has 0 aliphatic carbocycles. The van der Waals surface area contributed by atoms with Crippen molar-refractivity contribution in [3.8, 4) is 0 Å². The van der Waals surface area contributed by atoms with Gasteiger partial charge in [0, 0.05) is 23.7 Å². The summed E-state index contributed by atoms with van der Waals surface area (Å²) in [5.74, 6) is -1.47. The number of carbonyl (C=O) groups excluding carboxylic acids is 3. The number of amides is 3. The van der Waals surface area contributed by atoms with Crippen molar-refractivity contribution in [3.63, 3.8) is 0 Å². The second kappa shape index (κ2) is 9.09. The predicted molar refractivity (Wildman–Crippen MR) is 119 cm³/mol. The molecule has 1 unspecified atom stereocenters. The number of likely N-dealkylation sites (tertiary alicyclic amines) is 1. The van der Waals surface area contributed by atoms with E-state index in [2.05, 4.69) is 5.32 Å². The zero-order chi connectivity index (χ0) is 22.0. The first-order chi connectivity index (χ1) is 14.9. The Morgan fingerprint density at radius 3 is 2.61 bits per heavy atom. The van der Waals surface area contributed by atoms with Crippen molar-refractivity contribution in [1.29, 1.82) is 0 Å². The lowest BCUT2D eigenvalue weighted by atomic mass is 10.1. The largest absolute Gasteiger partial charge is 0.341 e. The highest BCUT2D eigenvalue weighted by atomic mass is 32.2. The molecule has 1 N–H and O–H groups in total. The van der Waals surface area contributed by atoms with Crippen molar-refractivity contribution in [1.82, 2.24) is 4.90 Å². The molecule has 162 valence electrons. The summed E-state index contributed by atoms with van der Waals surface area (Å²) in [7, 11) is 0. The van der Waals surface area contributed by atoms with Crippen LogP contribution in [-0.2, 0) is 14.4 Å². The number of nitrogens with one attached hydrogen (secondary N) is 1. The highest BCUT2D eigenvalue weighted by molar-refractivity contribution is 8.01. The van der Waals surface area contributed by atoms with Gasteiger partial charge in [0.2, 0.25) is 11.8 Å². The zero-order valence-electron chi connectivity index (χ0n) is 17.3. The molecule has 6 nitrogen and oxygen atoms in total. The maximum atomic E-state index is 13.8. The highest BCUT2D eigenvalue weighted by Crippen LogP contribution is 2.40. The van der Waals surface area contributed by atoms with E-state index in [0.29, 0.717) is 30.0 Å². The summed E-state index contributed by atoms with van der Waals surface area (Å²) in [5.41, 5.74) is 1.40. The molecule has 2 aliphatic heterocycles. The van der Waals surface area contributed by atoms with E-state index in [1.165, 1.54) is 22.7 Å². The molecule has 31 heavy (non-hydrogen) atoms. The Bertz CT molecular complexity index is 1020. The lowest BCUT2D eigenvalue weighted by molar-refractivity contribution is -0.135. The number of carbonyl (C=O) groups is 3. The van der Waals surface area contributed by atoms with Gasteiger partial charge in [-0.1, -0.05) is 18.2 Å². The number of hydrogen-bond acceptors (Lipinski definition) is 4. The van der Waals surface area contributed by atoms with Crippen LogP contribution in [0.25, 0.3) is 0 Å². The molecule has 0 bridgehead atoms. The number of thioether (sulfide) groups is 1. The van der Waals surface area contributed by atoms with Crippen LogP contribution in [0.3, 0.4) is 0 Å². The topological polar surface area (TPSA) is 69.7 Å². The van der Waals surface area contributed by atoms with Gasteiger partial charge >= 0.3 is 0 Å². The first-order valence-corrected chi connectivity index (χ1v) is 11.2. The van der Waals surface area contributed by atoms with Crippen LogP contribution in [0.1, 0.15) is 24.8 Å². The van der Waals surface area contributed by atoms with Crippen molar-refractivity contribution in [3.05, 3.63) is 53.8 Å². The van der Waals surface area contributed by atoms with Gasteiger partial charge < -0.3 is 15.1 Å². The van der Waals surface area contributed by atoms with Gasteiger partial charge in [0.05, 0.1) is 5.69 Å². The molecule has 0 aromatic heterocycles. The summed E-state index contributed by atoms with van der Waals surface area (Å²) in [6, 6.07) is 11.7. The molecule has 3 amide bonds. The van der Waals surface area contributed by atoms with E-state index in [4.69, 9.17) is 0 Å². The number of fused-ring (bicyclic) bond motifs is 1. The van der Waals surface area contributed by atoms with Gasteiger partial charge in [0.15, 0.2) is 5.25 Å². The van der Waals surface area contributed by atoms with Gasteiger partial charge in [0.1, 0.15) is 12.4 Å². The first kappa shape index (κ1) is 21.4. The molecule has 0 radical (unpaired) electrons. The lowest BCUT2D eigenvalue weighted by Crippen LogP contribution is -2.52. The number of anilines is 2. The molecule has 4 rings (SSSR count). The van der Waals surface area contributed by atoms with Crippen LogP contribution in [0.4, 0.5) is 15.8 Å². The molecule has 1 atom stereocenters. The molecule has 8 heteroatoms. The molecular formula is C23H24FN3O3S. The Kier molecular flexibility index (Phi) is 6.27. The van der Waals surface area contributed by atoms with Crippen molar-refractivity contribution in [2.45, 2.75) is 36.3 Å². The van der Waals surface area contributed by atoms with E-state index in [-0.39, 0.29) is 12.5 Å². The smallest absolute Gasteiger partial charge is 0.250 e.